The van der Waals surface area contributed by atoms with Crippen molar-refractivity contribution in [3.63, 3.8) is 0 Å². The Morgan fingerprint density at radius 3 is 2.82 bits per heavy atom. The highest BCUT2D eigenvalue weighted by atomic mass is 35.5. The third-order valence-corrected chi connectivity index (χ3v) is 3.43. The van der Waals surface area contributed by atoms with E-state index >= 15 is 0 Å². The lowest BCUT2D eigenvalue weighted by Gasteiger charge is -2.32. The smallest absolute Gasteiger partial charge is 0.134 e. The van der Waals surface area contributed by atoms with Crippen molar-refractivity contribution in [3.8, 4) is 0 Å². The fourth-order valence-electron chi connectivity index (χ4n) is 2.17. The standard InChI is InChI=1S/C12H19ClN4/c1-10(17-5-3-2-4-6-17)8-14-12-7-11(13)15-9-16-12/h7,9-10H,2-6,8H2,1H3,(H,14,15,16). The number of nitrogens with one attached hydrogen (secondary N) is 1. The summed E-state index contributed by atoms with van der Waals surface area (Å²) in [6, 6.07) is 2.29. The molecule has 1 N–H and O–H groups in total. The molecule has 2 heterocycles. The summed E-state index contributed by atoms with van der Waals surface area (Å²) in [4.78, 5) is 10.5. The molecule has 4 nitrogen and oxygen atoms in total. The van der Waals surface area contributed by atoms with E-state index in [0.717, 1.165) is 12.4 Å². The molecule has 5 heteroatoms. The topological polar surface area (TPSA) is 41.1 Å². The first kappa shape index (κ1) is 12.6. The maximum atomic E-state index is 5.81. The van der Waals surface area contributed by atoms with Gasteiger partial charge in [-0.2, -0.15) is 0 Å². The van der Waals surface area contributed by atoms with Gasteiger partial charge in [-0.05, 0) is 32.9 Å². The quantitative estimate of drug-likeness (QED) is 0.838. The van der Waals surface area contributed by atoms with Crippen molar-refractivity contribution in [2.75, 3.05) is 25.0 Å². The Kier molecular flexibility index (Phi) is 4.57. The van der Waals surface area contributed by atoms with E-state index in [4.69, 9.17) is 11.6 Å². The fraction of sp³-hybridized carbons (Fsp3) is 0.667. The molecule has 0 spiro atoms. The molecule has 0 aliphatic carbocycles. The zero-order valence-corrected chi connectivity index (χ0v) is 11.0. The fourth-order valence-corrected chi connectivity index (χ4v) is 2.32. The molecule has 17 heavy (non-hydrogen) atoms. The van der Waals surface area contributed by atoms with Crippen molar-refractivity contribution in [2.45, 2.75) is 32.2 Å². The lowest BCUT2D eigenvalue weighted by Crippen LogP contribution is -2.41. The third-order valence-electron chi connectivity index (χ3n) is 3.23. The van der Waals surface area contributed by atoms with Crippen molar-refractivity contribution in [1.82, 2.24) is 14.9 Å². The maximum Gasteiger partial charge on any atom is 0.134 e. The summed E-state index contributed by atoms with van der Waals surface area (Å²) >= 11 is 5.81. The lowest BCUT2D eigenvalue weighted by atomic mass is 10.1. The second-order valence-corrected chi connectivity index (χ2v) is 4.94. The number of aromatic nitrogens is 2. The summed E-state index contributed by atoms with van der Waals surface area (Å²) in [6.45, 7) is 5.58. The van der Waals surface area contributed by atoms with Crippen LogP contribution in [0.15, 0.2) is 12.4 Å². The number of hydrogen-bond acceptors (Lipinski definition) is 4. The van der Waals surface area contributed by atoms with Gasteiger partial charge < -0.3 is 5.32 Å². The minimum atomic E-state index is 0.480. The van der Waals surface area contributed by atoms with Gasteiger partial charge in [-0.3, -0.25) is 4.90 Å². The normalized spacial score (nSPS) is 18.9. The van der Waals surface area contributed by atoms with Crippen LogP contribution in [0.4, 0.5) is 5.82 Å². The van der Waals surface area contributed by atoms with Crippen LogP contribution in [0.3, 0.4) is 0 Å². The number of nitrogens with zero attached hydrogens (tertiary/aromatic N) is 3. The molecule has 0 saturated carbocycles. The zero-order valence-electron chi connectivity index (χ0n) is 10.2. The van der Waals surface area contributed by atoms with Crippen molar-refractivity contribution in [1.29, 1.82) is 0 Å². The average molecular weight is 255 g/mol. The largest absolute Gasteiger partial charge is 0.368 e. The summed E-state index contributed by atoms with van der Waals surface area (Å²) in [6.07, 6.45) is 5.50. The first-order valence-electron chi connectivity index (χ1n) is 6.21. The summed E-state index contributed by atoms with van der Waals surface area (Å²) in [7, 11) is 0. The average Bonchev–Trinajstić information content (AvgIpc) is 2.37. The maximum absolute atomic E-state index is 5.81. The van der Waals surface area contributed by atoms with E-state index < -0.39 is 0 Å². The van der Waals surface area contributed by atoms with Crippen LogP contribution in [-0.4, -0.2) is 40.5 Å². The molecule has 94 valence electrons. The highest BCUT2D eigenvalue weighted by molar-refractivity contribution is 6.29. The summed E-state index contributed by atoms with van der Waals surface area (Å²) in [5, 5.41) is 3.79. The Bertz CT molecular complexity index is 352. The number of hydrogen-bond donors (Lipinski definition) is 1. The molecule has 0 amide bonds. The van der Waals surface area contributed by atoms with Gasteiger partial charge in [-0.25, -0.2) is 9.97 Å². The van der Waals surface area contributed by atoms with Crippen molar-refractivity contribution < 1.29 is 0 Å². The molecular formula is C12H19ClN4. The Hall–Kier alpha value is -0.870. The van der Waals surface area contributed by atoms with Crippen LogP contribution in [0.25, 0.3) is 0 Å². The van der Waals surface area contributed by atoms with E-state index in [1.54, 1.807) is 6.07 Å². The minimum Gasteiger partial charge on any atom is -0.368 e. The molecule has 1 atom stereocenters. The van der Waals surface area contributed by atoms with E-state index in [2.05, 4.69) is 27.1 Å². The van der Waals surface area contributed by atoms with Crippen LogP contribution in [-0.2, 0) is 0 Å². The highest BCUT2D eigenvalue weighted by Crippen LogP contribution is 2.13. The summed E-state index contributed by atoms with van der Waals surface area (Å²) in [5.74, 6) is 0.800. The first-order chi connectivity index (χ1) is 8.25. The Balaban J connectivity index is 1.80. The molecule has 1 fully saturated rings. The van der Waals surface area contributed by atoms with Crippen LogP contribution in [0.2, 0.25) is 5.15 Å². The number of likely N-dealkylation sites (tertiary alicyclic amines) is 1. The Labute approximate surface area is 107 Å². The molecule has 1 unspecified atom stereocenters. The van der Waals surface area contributed by atoms with Gasteiger partial charge in [0.1, 0.15) is 17.3 Å². The molecular weight excluding hydrogens is 236 g/mol. The summed E-state index contributed by atoms with van der Waals surface area (Å²) in [5.41, 5.74) is 0. The van der Waals surface area contributed by atoms with Gasteiger partial charge in [0.2, 0.25) is 0 Å². The van der Waals surface area contributed by atoms with E-state index in [-0.39, 0.29) is 0 Å². The number of rotatable bonds is 4. The van der Waals surface area contributed by atoms with Crippen LogP contribution >= 0.6 is 11.6 Å². The molecule has 1 aliphatic rings. The van der Waals surface area contributed by atoms with Gasteiger partial charge in [-0.15, -0.1) is 0 Å². The van der Waals surface area contributed by atoms with Crippen molar-refractivity contribution >= 4 is 17.4 Å². The monoisotopic (exact) mass is 254 g/mol. The van der Waals surface area contributed by atoms with Crippen LogP contribution in [0, 0.1) is 0 Å². The summed E-state index contributed by atoms with van der Waals surface area (Å²) < 4.78 is 0. The molecule has 0 aromatic carbocycles. The number of anilines is 1. The Morgan fingerprint density at radius 2 is 2.12 bits per heavy atom. The molecule has 1 aromatic rings. The number of halogens is 1. The van der Waals surface area contributed by atoms with Gasteiger partial charge in [0.25, 0.3) is 0 Å². The Morgan fingerprint density at radius 1 is 1.35 bits per heavy atom. The molecule has 2 rings (SSSR count). The molecule has 0 radical (unpaired) electrons. The van der Waals surface area contributed by atoms with Crippen LogP contribution in [0.1, 0.15) is 26.2 Å². The lowest BCUT2D eigenvalue weighted by molar-refractivity contribution is 0.180. The first-order valence-corrected chi connectivity index (χ1v) is 6.59. The molecule has 0 bridgehead atoms. The zero-order chi connectivity index (χ0) is 12.1. The van der Waals surface area contributed by atoms with E-state index in [0.29, 0.717) is 11.2 Å². The number of piperidine rings is 1. The van der Waals surface area contributed by atoms with Crippen LogP contribution < -0.4 is 5.32 Å². The third kappa shape index (κ3) is 3.82. The predicted octanol–water partition coefficient (Wildman–Crippen LogP) is 2.42. The van der Waals surface area contributed by atoms with Crippen molar-refractivity contribution in [2.24, 2.45) is 0 Å². The van der Waals surface area contributed by atoms with Crippen molar-refractivity contribution in [3.05, 3.63) is 17.5 Å². The molecule has 1 saturated heterocycles. The minimum absolute atomic E-state index is 0.480. The van der Waals surface area contributed by atoms with Gasteiger partial charge in [0.15, 0.2) is 0 Å². The van der Waals surface area contributed by atoms with Gasteiger partial charge in [0, 0.05) is 18.7 Å². The molecule has 1 aromatic heterocycles. The second-order valence-electron chi connectivity index (χ2n) is 4.55. The predicted molar refractivity (Wildman–Crippen MR) is 70.4 cm³/mol. The van der Waals surface area contributed by atoms with E-state index in [9.17, 15) is 0 Å². The highest BCUT2D eigenvalue weighted by Gasteiger charge is 2.16. The van der Waals surface area contributed by atoms with Crippen LogP contribution in [0.5, 0.6) is 0 Å². The SMILES string of the molecule is CC(CNc1cc(Cl)ncn1)N1CCCCC1. The van der Waals surface area contributed by atoms with Gasteiger partial charge >= 0.3 is 0 Å². The molecule has 1 aliphatic heterocycles. The van der Waals surface area contributed by atoms with E-state index in [1.165, 1.54) is 38.7 Å². The van der Waals surface area contributed by atoms with Gasteiger partial charge in [0.05, 0.1) is 0 Å². The van der Waals surface area contributed by atoms with Gasteiger partial charge in [-0.1, -0.05) is 18.0 Å². The van der Waals surface area contributed by atoms with E-state index in [1.807, 2.05) is 0 Å². The second kappa shape index (κ2) is 6.17.